The summed E-state index contributed by atoms with van der Waals surface area (Å²) < 4.78 is 26.1. The highest BCUT2D eigenvalue weighted by molar-refractivity contribution is 7.92. The van der Waals surface area contributed by atoms with E-state index < -0.39 is 16.1 Å². The molecule has 0 aliphatic carbocycles. The Morgan fingerprint density at radius 1 is 1.08 bits per heavy atom. The normalized spacial score (nSPS) is 13.1. The van der Waals surface area contributed by atoms with Crippen molar-refractivity contribution in [3.05, 3.63) is 63.6 Å². The Bertz CT molecular complexity index is 1170. The first-order valence-electron chi connectivity index (χ1n) is 11.9. The summed E-state index contributed by atoms with van der Waals surface area (Å²) in [6, 6.07) is 11.6. The van der Waals surface area contributed by atoms with E-state index in [0.717, 1.165) is 28.1 Å². The van der Waals surface area contributed by atoms with Gasteiger partial charge in [-0.2, -0.15) is 0 Å². The number of hydrogen-bond acceptors (Lipinski definition) is 4. The van der Waals surface area contributed by atoms with Crippen LogP contribution in [-0.2, 0) is 26.2 Å². The summed E-state index contributed by atoms with van der Waals surface area (Å²) in [7, 11) is -3.67. The molecule has 0 spiro atoms. The number of hydrogen-bond donors (Lipinski definition) is 1. The number of aryl methyl sites for hydroxylation is 1. The van der Waals surface area contributed by atoms with E-state index in [1.54, 1.807) is 17.9 Å². The number of nitrogens with one attached hydrogen (secondary N) is 1. The van der Waals surface area contributed by atoms with Crippen molar-refractivity contribution in [3.8, 4) is 0 Å². The number of sulfonamides is 1. The van der Waals surface area contributed by atoms with Crippen LogP contribution >= 0.6 is 23.2 Å². The first kappa shape index (κ1) is 29.9. The molecule has 2 aromatic rings. The second-order valence-electron chi connectivity index (χ2n) is 8.98. The Balaban J connectivity index is 2.22. The molecule has 0 heterocycles. The number of rotatable bonds is 12. The standard InChI is InChI=1S/C26H35Cl2N3O4S/c1-6-19(3)29-26(33)20(4)30(17-21-11-8-7-10-18(21)2)25(32)12-9-15-31(36(5,34)35)24-16-22(27)13-14-23(24)28/h7-8,10-11,13-14,16,19-20H,6,9,12,15,17H2,1-5H3,(H,29,33). The van der Waals surface area contributed by atoms with E-state index in [2.05, 4.69) is 5.32 Å². The molecule has 198 valence electrons. The molecule has 1 N–H and O–H groups in total. The molecule has 2 atom stereocenters. The third-order valence-electron chi connectivity index (χ3n) is 6.10. The third kappa shape index (κ3) is 8.39. The van der Waals surface area contributed by atoms with Gasteiger partial charge in [0.25, 0.3) is 0 Å². The molecule has 0 aliphatic heterocycles. The van der Waals surface area contributed by atoms with Crippen LogP contribution < -0.4 is 9.62 Å². The molecule has 2 amide bonds. The van der Waals surface area contributed by atoms with Crippen molar-refractivity contribution in [2.24, 2.45) is 0 Å². The van der Waals surface area contributed by atoms with Crippen LogP contribution in [-0.4, -0.2) is 50.0 Å². The SMILES string of the molecule is CCC(C)NC(=O)C(C)N(Cc1ccccc1C)C(=O)CCCN(c1cc(Cl)ccc1Cl)S(C)(=O)=O. The van der Waals surface area contributed by atoms with Gasteiger partial charge in [-0.3, -0.25) is 13.9 Å². The average molecular weight is 557 g/mol. The van der Waals surface area contributed by atoms with Crippen LogP contribution in [0.2, 0.25) is 10.0 Å². The highest BCUT2D eigenvalue weighted by Gasteiger charge is 2.28. The Morgan fingerprint density at radius 2 is 1.75 bits per heavy atom. The Kier molecular flexibility index (Phi) is 11.1. The minimum Gasteiger partial charge on any atom is -0.352 e. The molecule has 10 heteroatoms. The Labute approximate surface area is 224 Å². The molecule has 2 rings (SSSR count). The van der Waals surface area contributed by atoms with E-state index >= 15 is 0 Å². The fraction of sp³-hybridized carbons (Fsp3) is 0.462. The van der Waals surface area contributed by atoms with Crippen molar-refractivity contribution in [1.29, 1.82) is 0 Å². The van der Waals surface area contributed by atoms with Crippen molar-refractivity contribution in [3.63, 3.8) is 0 Å². The summed E-state index contributed by atoms with van der Waals surface area (Å²) in [6.45, 7) is 7.88. The molecule has 0 radical (unpaired) electrons. The number of halogens is 2. The second kappa shape index (κ2) is 13.3. The lowest BCUT2D eigenvalue weighted by molar-refractivity contribution is -0.140. The van der Waals surface area contributed by atoms with Crippen molar-refractivity contribution >= 4 is 50.7 Å². The summed E-state index contributed by atoms with van der Waals surface area (Å²) in [6.07, 6.45) is 2.14. The molecule has 0 fully saturated rings. The van der Waals surface area contributed by atoms with Gasteiger partial charge < -0.3 is 10.2 Å². The van der Waals surface area contributed by atoms with Gasteiger partial charge in [0.05, 0.1) is 17.0 Å². The van der Waals surface area contributed by atoms with Crippen LogP contribution in [0.5, 0.6) is 0 Å². The van der Waals surface area contributed by atoms with Crippen LogP contribution in [0.3, 0.4) is 0 Å². The summed E-state index contributed by atoms with van der Waals surface area (Å²) in [5, 5.41) is 3.54. The number of amides is 2. The summed E-state index contributed by atoms with van der Waals surface area (Å²) in [4.78, 5) is 27.8. The predicted octanol–water partition coefficient (Wildman–Crippen LogP) is 5.18. The zero-order valence-corrected chi connectivity index (χ0v) is 23.8. The van der Waals surface area contributed by atoms with Gasteiger partial charge in [0.1, 0.15) is 6.04 Å². The zero-order chi connectivity index (χ0) is 27.0. The quantitative estimate of drug-likeness (QED) is 0.391. The van der Waals surface area contributed by atoms with Crippen molar-refractivity contribution in [2.75, 3.05) is 17.1 Å². The van der Waals surface area contributed by atoms with Crippen LogP contribution in [0, 0.1) is 6.92 Å². The lowest BCUT2D eigenvalue weighted by atomic mass is 10.1. The maximum absolute atomic E-state index is 13.4. The highest BCUT2D eigenvalue weighted by Crippen LogP contribution is 2.31. The molecule has 7 nitrogen and oxygen atoms in total. The number of carbonyl (C=O) groups excluding carboxylic acids is 2. The van der Waals surface area contributed by atoms with Gasteiger partial charge in [0, 0.05) is 30.6 Å². The van der Waals surface area contributed by atoms with Gasteiger partial charge in [-0.25, -0.2) is 8.42 Å². The fourth-order valence-electron chi connectivity index (χ4n) is 3.68. The summed E-state index contributed by atoms with van der Waals surface area (Å²) >= 11 is 12.3. The van der Waals surface area contributed by atoms with Crippen LogP contribution in [0.4, 0.5) is 5.69 Å². The van der Waals surface area contributed by atoms with Crippen molar-refractivity contribution < 1.29 is 18.0 Å². The molecule has 0 saturated carbocycles. The maximum atomic E-state index is 13.4. The highest BCUT2D eigenvalue weighted by atomic mass is 35.5. The van der Waals surface area contributed by atoms with Crippen LogP contribution in [0.25, 0.3) is 0 Å². The molecule has 0 aromatic heterocycles. The van der Waals surface area contributed by atoms with Gasteiger partial charge in [0.2, 0.25) is 21.8 Å². The van der Waals surface area contributed by atoms with E-state index in [1.807, 2.05) is 45.0 Å². The molecule has 0 aliphatic rings. The number of carbonyl (C=O) groups is 2. The van der Waals surface area contributed by atoms with E-state index in [1.165, 1.54) is 12.1 Å². The van der Waals surface area contributed by atoms with Crippen molar-refractivity contribution in [2.45, 2.75) is 65.6 Å². The third-order valence-corrected chi connectivity index (χ3v) is 7.83. The minimum atomic E-state index is -3.67. The fourth-order valence-corrected chi connectivity index (χ4v) is 5.08. The predicted molar refractivity (Wildman–Crippen MR) is 147 cm³/mol. The van der Waals surface area contributed by atoms with Gasteiger partial charge in [-0.15, -0.1) is 0 Å². The number of anilines is 1. The van der Waals surface area contributed by atoms with E-state index in [4.69, 9.17) is 23.2 Å². The zero-order valence-electron chi connectivity index (χ0n) is 21.4. The molecular formula is C26H35Cl2N3O4S. The van der Waals surface area contributed by atoms with Crippen LogP contribution in [0.15, 0.2) is 42.5 Å². The van der Waals surface area contributed by atoms with Gasteiger partial charge >= 0.3 is 0 Å². The lowest BCUT2D eigenvalue weighted by Crippen LogP contribution is -2.49. The van der Waals surface area contributed by atoms with E-state index in [9.17, 15) is 18.0 Å². The molecule has 2 aromatic carbocycles. The first-order chi connectivity index (χ1) is 16.8. The van der Waals surface area contributed by atoms with E-state index in [-0.39, 0.29) is 54.5 Å². The average Bonchev–Trinajstić information content (AvgIpc) is 2.81. The molecule has 36 heavy (non-hydrogen) atoms. The topological polar surface area (TPSA) is 86.8 Å². The minimum absolute atomic E-state index is 0.0128. The Hall–Kier alpha value is -2.29. The Morgan fingerprint density at radius 3 is 2.36 bits per heavy atom. The number of benzene rings is 2. The smallest absolute Gasteiger partial charge is 0.242 e. The molecular weight excluding hydrogens is 521 g/mol. The number of nitrogens with zero attached hydrogens (tertiary/aromatic N) is 2. The summed E-state index contributed by atoms with van der Waals surface area (Å²) in [5.74, 6) is -0.467. The van der Waals surface area contributed by atoms with Crippen molar-refractivity contribution in [1.82, 2.24) is 10.2 Å². The monoisotopic (exact) mass is 555 g/mol. The molecule has 0 saturated heterocycles. The summed E-state index contributed by atoms with van der Waals surface area (Å²) in [5.41, 5.74) is 2.22. The molecule has 2 unspecified atom stereocenters. The maximum Gasteiger partial charge on any atom is 0.242 e. The van der Waals surface area contributed by atoms with E-state index in [0.29, 0.717) is 5.02 Å². The lowest BCUT2D eigenvalue weighted by Gasteiger charge is -2.30. The first-order valence-corrected chi connectivity index (χ1v) is 14.5. The largest absolute Gasteiger partial charge is 0.352 e. The van der Waals surface area contributed by atoms with Gasteiger partial charge in [0.15, 0.2) is 0 Å². The van der Waals surface area contributed by atoms with Crippen LogP contribution in [0.1, 0.15) is 51.2 Å². The second-order valence-corrected chi connectivity index (χ2v) is 11.7. The van der Waals surface area contributed by atoms with Gasteiger partial charge in [-0.05, 0) is 62.9 Å². The van der Waals surface area contributed by atoms with Gasteiger partial charge in [-0.1, -0.05) is 54.4 Å². The molecule has 0 bridgehead atoms.